The first kappa shape index (κ1) is 14.6. The first-order chi connectivity index (χ1) is 9.53. The normalized spacial score (nSPS) is 33.8. The smallest absolute Gasteiger partial charge is 0.311 e. The van der Waals surface area contributed by atoms with E-state index in [1.54, 1.807) is 0 Å². The van der Waals surface area contributed by atoms with Crippen LogP contribution in [0, 0.1) is 23.2 Å². The molecule has 0 heterocycles. The fourth-order valence-electron chi connectivity index (χ4n) is 3.32. The lowest BCUT2D eigenvalue weighted by Gasteiger charge is -2.30. The summed E-state index contributed by atoms with van der Waals surface area (Å²) in [7, 11) is 0. The molecule has 0 N–H and O–H groups in total. The van der Waals surface area contributed by atoms with Gasteiger partial charge in [-0.25, -0.2) is 0 Å². The highest BCUT2D eigenvalue weighted by atomic mass is 16.5. The Morgan fingerprint density at radius 2 is 1.85 bits per heavy atom. The molecule has 0 aromatic carbocycles. The molecular formula is C16H20O4. The van der Waals surface area contributed by atoms with Gasteiger partial charge in [-0.2, -0.15) is 0 Å². The van der Waals surface area contributed by atoms with Crippen LogP contribution in [0.4, 0.5) is 0 Å². The van der Waals surface area contributed by atoms with Gasteiger partial charge in [0.2, 0.25) is 0 Å². The molecule has 1 saturated carbocycles. The van der Waals surface area contributed by atoms with Crippen LogP contribution >= 0.6 is 0 Å². The zero-order valence-corrected chi connectivity index (χ0v) is 11.7. The lowest BCUT2D eigenvalue weighted by molar-refractivity contribution is -0.161. The Bertz CT molecular complexity index is 465. The fraction of sp³-hybridized carbons (Fsp3) is 0.500. The van der Waals surface area contributed by atoms with Crippen molar-refractivity contribution in [2.45, 2.75) is 13.3 Å². The summed E-state index contributed by atoms with van der Waals surface area (Å²) in [5, 5.41) is 0. The van der Waals surface area contributed by atoms with Crippen LogP contribution in [-0.4, -0.2) is 25.2 Å². The first-order valence-corrected chi connectivity index (χ1v) is 6.78. The summed E-state index contributed by atoms with van der Waals surface area (Å²) in [4.78, 5) is 24.4. The molecule has 0 aromatic rings. The third kappa shape index (κ3) is 2.42. The van der Waals surface area contributed by atoms with Crippen molar-refractivity contribution in [3.05, 3.63) is 37.5 Å². The van der Waals surface area contributed by atoms with E-state index in [4.69, 9.17) is 9.47 Å². The van der Waals surface area contributed by atoms with Crippen molar-refractivity contribution in [1.29, 1.82) is 0 Å². The van der Waals surface area contributed by atoms with Gasteiger partial charge in [0, 0.05) is 5.41 Å². The number of ether oxygens (including phenoxy) is 2. The average Bonchev–Trinajstić information content (AvgIpc) is 2.95. The number of carbonyl (C=O) groups excluding carboxylic acids is 2. The average molecular weight is 276 g/mol. The molecule has 0 amide bonds. The Balaban J connectivity index is 2.18. The van der Waals surface area contributed by atoms with E-state index in [-0.39, 0.29) is 36.5 Å². The zero-order chi connectivity index (χ0) is 14.8. The van der Waals surface area contributed by atoms with Crippen LogP contribution in [0.5, 0.6) is 0 Å². The van der Waals surface area contributed by atoms with Gasteiger partial charge in [-0.1, -0.05) is 44.4 Å². The van der Waals surface area contributed by atoms with Crippen molar-refractivity contribution in [3.63, 3.8) is 0 Å². The summed E-state index contributed by atoms with van der Waals surface area (Å²) < 4.78 is 10.3. The quantitative estimate of drug-likeness (QED) is 0.551. The topological polar surface area (TPSA) is 52.6 Å². The van der Waals surface area contributed by atoms with Gasteiger partial charge in [0.1, 0.15) is 13.2 Å². The maximum absolute atomic E-state index is 12.3. The minimum Gasteiger partial charge on any atom is -0.461 e. The van der Waals surface area contributed by atoms with Crippen LogP contribution in [0.15, 0.2) is 37.5 Å². The highest BCUT2D eigenvalue weighted by Crippen LogP contribution is 2.57. The number of carbonyl (C=O) groups is 2. The Labute approximate surface area is 119 Å². The first-order valence-electron chi connectivity index (χ1n) is 6.78. The van der Waals surface area contributed by atoms with E-state index < -0.39 is 11.8 Å². The van der Waals surface area contributed by atoms with Gasteiger partial charge in [-0.05, 0) is 12.3 Å². The van der Waals surface area contributed by atoms with E-state index in [9.17, 15) is 9.59 Å². The van der Waals surface area contributed by atoms with Crippen molar-refractivity contribution >= 4 is 11.9 Å². The molecule has 20 heavy (non-hydrogen) atoms. The van der Waals surface area contributed by atoms with E-state index in [0.717, 1.165) is 6.42 Å². The molecule has 0 aromatic heterocycles. The van der Waals surface area contributed by atoms with Crippen LogP contribution in [0.1, 0.15) is 13.3 Å². The van der Waals surface area contributed by atoms with Crippen molar-refractivity contribution in [1.82, 2.24) is 0 Å². The molecular weight excluding hydrogens is 256 g/mol. The molecule has 4 heteroatoms. The third-order valence-electron chi connectivity index (χ3n) is 4.14. The Morgan fingerprint density at radius 1 is 1.25 bits per heavy atom. The number of hydrogen-bond acceptors (Lipinski definition) is 4. The van der Waals surface area contributed by atoms with Gasteiger partial charge in [-0.15, -0.1) is 0 Å². The summed E-state index contributed by atoms with van der Waals surface area (Å²) in [5.74, 6) is -1.57. The highest BCUT2D eigenvalue weighted by Gasteiger charge is 2.59. The predicted molar refractivity (Wildman–Crippen MR) is 74.6 cm³/mol. The highest BCUT2D eigenvalue weighted by molar-refractivity contribution is 5.85. The maximum Gasteiger partial charge on any atom is 0.311 e. The van der Waals surface area contributed by atoms with Crippen LogP contribution in [0.2, 0.25) is 0 Å². The molecule has 2 aliphatic carbocycles. The number of rotatable bonds is 6. The molecule has 0 aliphatic heterocycles. The minimum atomic E-state index is -0.477. The minimum absolute atomic E-state index is 0.0543. The van der Waals surface area contributed by atoms with Crippen LogP contribution in [0.25, 0.3) is 0 Å². The van der Waals surface area contributed by atoms with E-state index in [1.807, 2.05) is 19.1 Å². The summed E-state index contributed by atoms with van der Waals surface area (Å²) in [6, 6.07) is 0. The molecule has 2 rings (SSSR count). The second kappa shape index (κ2) is 5.65. The molecule has 0 saturated heterocycles. The number of fused-ring (bicyclic) bond motifs is 2. The van der Waals surface area contributed by atoms with E-state index in [1.165, 1.54) is 12.2 Å². The maximum atomic E-state index is 12.3. The van der Waals surface area contributed by atoms with Crippen LogP contribution in [0.3, 0.4) is 0 Å². The molecule has 4 atom stereocenters. The molecule has 2 aliphatic rings. The molecule has 0 radical (unpaired) electrons. The zero-order valence-electron chi connectivity index (χ0n) is 11.7. The van der Waals surface area contributed by atoms with Crippen LogP contribution < -0.4 is 0 Å². The number of hydrogen-bond donors (Lipinski definition) is 0. The molecule has 4 nitrogen and oxygen atoms in total. The van der Waals surface area contributed by atoms with Crippen LogP contribution in [-0.2, 0) is 19.1 Å². The second-order valence-electron chi connectivity index (χ2n) is 5.57. The third-order valence-corrected chi connectivity index (χ3v) is 4.14. The Hall–Kier alpha value is -1.84. The van der Waals surface area contributed by atoms with Crippen molar-refractivity contribution < 1.29 is 19.1 Å². The van der Waals surface area contributed by atoms with Crippen molar-refractivity contribution in [2.75, 3.05) is 13.2 Å². The summed E-state index contributed by atoms with van der Waals surface area (Å²) in [5.41, 5.74) is -0.319. The summed E-state index contributed by atoms with van der Waals surface area (Å²) in [6.07, 6.45) is 7.86. The largest absolute Gasteiger partial charge is 0.461 e. The SMILES string of the molecule is C=CCOC(=O)C1C2C=CC(C)(C2)C1C(=O)OCC=C. The Morgan fingerprint density at radius 3 is 2.45 bits per heavy atom. The molecule has 2 bridgehead atoms. The lowest BCUT2D eigenvalue weighted by atomic mass is 9.75. The second-order valence-corrected chi connectivity index (χ2v) is 5.57. The monoisotopic (exact) mass is 276 g/mol. The molecule has 4 unspecified atom stereocenters. The van der Waals surface area contributed by atoms with E-state index >= 15 is 0 Å². The van der Waals surface area contributed by atoms with Gasteiger partial charge < -0.3 is 9.47 Å². The predicted octanol–water partition coefficient (Wildman–Crippen LogP) is 2.27. The van der Waals surface area contributed by atoms with Gasteiger partial charge in [0.15, 0.2) is 0 Å². The fourth-order valence-corrected chi connectivity index (χ4v) is 3.32. The van der Waals surface area contributed by atoms with E-state index in [0.29, 0.717) is 0 Å². The van der Waals surface area contributed by atoms with Crippen molar-refractivity contribution in [3.8, 4) is 0 Å². The molecule has 0 spiro atoms. The molecule has 1 fully saturated rings. The Kier molecular flexibility index (Phi) is 4.12. The van der Waals surface area contributed by atoms with Gasteiger partial charge in [-0.3, -0.25) is 9.59 Å². The van der Waals surface area contributed by atoms with Gasteiger partial charge in [0.25, 0.3) is 0 Å². The molecule has 108 valence electrons. The lowest BCUT2D eigenvalue weighted by Crippen LogP contribution is -2.39. The number of esters is 2. The number of allylic oxidation sites excluding steroid dienone is 2. The summed E-state index contributed by atoms with van der Waals surface area (Å²) >= 11 is 0. The van der Waals surface area contributed by atoms with Gasteiger partial charge in [0.05, 0.1) is 11.8 Å². The van der Waals surface area contributed by atoms with Crippen molar-refractivity contribution in [2.24, 2.45) is 23.2 Å². The van der Waals surface area contributed by atoms with E-state index in [2.05, 4.69) is 13.2 Å². The van der Waals surface area contributed by atoms with Gasteiger partial charge >= 0.3 is 11.9 Å². The standard InChI is InChI=1S/C16H20O4/c1-4-8-19-14(17)12-11-6-7-16(3,10-11)13(12)15(18)20-9-5-2/h4-7,11-13H,1-2,8-10H2,3H3. The summed E-state index contributed by atoms with van der Waals surface area (Å²) in [6.45, 7) is 9.36.